The summed E-state index contributed by atoms with van der Waals surface area (Å²) in [6, 6.07) is 14.0. The van der Waals surface area contributed by atoms with Crippen LogP contribution in [0, 0.1) is 20.8 Å². The highest BCUT2D eigenvalue weighted by atomic mass is 32.1. The van der Waals surface area contributed by atoms with Gasteiger partial charge < -0.3 is 4.74 Å². The van der Waals surface area contributed by atoms with Crippen LogP contribution >= 0.6 is 11.3 Å². The summed E-state index contributed by atoms with van der Waals surface area (Å²) in [7, 11) is 0. The van der Waals surface area contributed by atoms with Gasteiger partial charge in [-0.05, 0) is 51.1 Å². The molecule has 1 amide bonds. The first kappa shape index (κ1) is 23.1. The summed E-state index contributed by atoms with van der Waals surface area (Å²) in [6.45, 7) is 4.95. The molecule has 8 heteroatoms. The Balaban J connectivity index is 1.55. The summed E-state index contributed by atoms with van der Waals surface area (Å²) in [6.07, 6.45) is -0.0533. The molecule has 0 fully saturated rings. The fourth-order valence-corrected chi connectivity index (χ4v) is 4.03. The smallest absolute Gasteiger partial charge is 0.306 e. The molecule has 0 radical (unpaired) electrons. The Morgan fingerprint density at radius 3 is 2.31 bits per heavy atom. The molecule has 7 nitrogen and oxygen atoms in total. The van der Waals surface area contributed by atoms with Crippen molar-refractivity contribution in [3.05, 3.63) is 80.8 Å². The van der Waals surface area contributed by atoms with E-state index in [-0.39, 0.29) is 30.3 Å². The Morgan fingerprint density at radius 1 is 0.938 bits per heavy atom. The monoisotopic (exact) mass is 452 g/mol. The summed E-state index contributed by atoms with van der Waals surface area (Å²) in [5.74, 6) is -1.41. The molecular formula is C24H24N2O5S. The number of nitrogens with one attached hydrogen (secondary N) is 1. The SMILES string of the molecule is Cc1ccc(C(=O)CCC(=O)OCC(=O)c2cc(C)n(NC(=O)c3ccccc3)c2C)s1. The van der Waals surface area contributed by atoms with Crippen LogP contribution in [0.1, 0.15) is 59.5 Å². The molecule has 0 saturated heterocycles. The Kier molecular flexibility index (Phi) is 7.37. The van der Waals surface area contributed by atoms with Crippen molar-refractivity contribution >= 4 is 34.8 Å². The summed E-state index contributed by atoms with van der Waals surface area (Å²) in [4.78, 5) is 50.7. The van der Waals surface area contributed by atoms with Crippen LogP contribution in [0.2, 0.25) is 0 Å². The van der Waals surface area contributed by atoms with E-state index >= 15 is 0 Å². The number of benzene rings is 1. The fraction of sp³-hybridized carbons (Fsp3) is 0.250. The van der Waals surface area contributed by atoms with Crippen LogP contribution in [0.25, 0.3) is 0 Å². The molecule has 32 heavy (non-hydrogen) atoms. The van der Waals surface area contributed by atoms with Gasteiger partial charge in [0.05, 0.1) is 11.3 Å². The topological polar surface area (TPSA) is 94.5 Å². The van der Waals surface area contributed by atoms with E-state index in [1.807, 2.05) is 19.1 Å². The zero-order valence-corrected chi connectivity index (χ0v) is 19.0. The van der Waals surface area contributed by atoms with Crippen molar-refractivity contribution in [1.82, 2.24) is 4.68 Å². The number of carbonyl (C=O) groups excluding carboxylic acids is 4. The molecule has 3 aromatic rings. The van der Waals surface area contributed by atoms with Crippen LogP contribution in [0.4, 0.5) is 0 Å². The first-order valence-corrected chi connectivity index (χ1v) is 10.9. The van der Waals surface area contributed by atoms with Crippen LogP contribution < -0.4 is 5.43 Å². The highest BCUT2D eigenvalue weighted by Crippen LogP contribution is 2.18. The standard InChI is InChI=1S/C24H24N2O5S/c1-15-13-19(17(3)26(15)25-24(30)18-7-5-4-6-8-18)21(28)14-31-23(29)12-10-20(27)22-11-9-16(2)32-22/h4-9,11,13H,10,12,14H2,1-3H3,(H,25,30). The van der Waals surface area contributed by atoms with Crippen LogP contribution in [0.5, 0.6) is 0 Å². The third-order valence-electron chi connectivity index (χ3n) is 4.92. The lowest BCUT2D eigenvalue weighted by Crippen LogP contribution is -2.25. The average molecular weight is 453 g/mol. The van der Waals surface area contributed by atoms with Gasteiger partial charge in [-0.25, -0.2) is 0 Å². The molecule has 2 heterocycles. The second kappa shape index (κ2) is 10.2. The van der Waals surface area contributed by atoms with Gasteiger partial charge in [-0.3, -0.25) is 29.3 Å². The number of amides is 1. The lowest BCUT2D eigenvalue weighted by atomic mass is 10.1. The number of Topliss-reactive ketones (excluding diaryl/α,β-unsaturated/α-hetero) is 2. The maximum absolute atomic E-state index is 12.6. The minimum atomic E-state index is -0.605. The van der Waals surface area contributed by atoms with E-state index in [2.05, 4.69) is 5.43 Å². The van der Waals surface area contributed by atoms with Crippen molar-refractivity contribution in [2.75, 3.05) is 12.0 Å². The number of ketones is 2. The molecule has 0 bridgehead atoms. The fourth-order valence-electron chi connectivity index (χ4n) is 3.19. The Bertz CT molecular complexity index is 1160. The largest absolute Gasteiger partial charge is 0.457 e. The first-order valence-electron chi connectivity index (χ1n) is 10.1. The van der Waals surface area contributed by atoms with Crippen LogP contribution in [0.15, 0.2) is 48.5 Å². The van der Waals surface area contributed by atoms with E-state index in [1.54, 1.807) is 50.2 Å². The maximum Gasteiger partial charge on any atom is 0.306 e. The minimum Gasteiger partial charge on any atom is -0.457 e. The zero-order valence-electron chi connectivity index (χ0n) is 18.1. The zero-order chi connectivity index (χ0) is 23.3. The number of esters is 1. The van der Waals surface area contributed by atoms with E-state index in [0.717, 1.165) is 4.88 Å². The Morgan fingerprint density at radius 2 is 1.66 bits per heavy atom. The number of ether oxygens (including phenoxy) is 1. The van der Waals surface area contributed by atoms with Gasteiger partial charge in [0.15, 0.2) is 12.4 Å². The van der Waals surface area contributed by atoms with Crippen molar-refractivity contribution in [2.45, 2.75) is 33.6 Å². The summed E-state index contributed by atoms with van der Waals surface area (Å²) in [5, 5.41) is 0. The molecule has 1 aromatic carbocycles. The van der Waals surface area contributed by atoms with Gasteiger partial charge >= 0.3 is 5.97 Å². The molecule has 3 rings (SSSR count). The van der Waals surface area contributed by atoms with E-state index in [1.165, 1.54) is 16.0 Å². The van der Waals surface area contributed by atoms with E-state index in [9.17, 15) is 19.2 Å². The molecule has 0 aliphatic carbocycles. The van der Waals surface area contributed by atoms with Gasteiger partial charge in [0.1, 0.15) is 0 Å². The Labute approximate surface area is 190 Å². The van der Waals surface area contributed by atoms with Gasteiger partial charge in [0.2, 0.25) is 5.78 Å². The van der Waals surface area contributed by atoms with Gasteiger partial charge in [-0.1, -0.05) is 18.2 Å². The first-order chi connectivity index (χ1) is 15.3. The summed E-state index contributed by atoms with van der Waals surface area (Å²) >= 11 is 1.38. The number of aryl methyl sites for hydroxylation is 2. The van der Waals surface area contributed by atoms with Crippen LogP contribution in [-0.2, 0) is 9.53 Å². The second-order valence-corrected chi connectivity index (χ2v) is 8.63. The van der Waals surface area contributed by atoms with Crippen molar-refractivity contribution < 1.29 is 23.9 Å². The van der Waals surface area contributed by atoms with Crippen LogP contribution in [-0.4, -0.2) is 34.7 Å². The second-order valence-electron chi connectivity index (χ2n) is 7.34. The van der Waals surface area contributed by atoms with E-state index in [4.69, 9.17) is 4.74 Å². The van der Waals surface area contributed by atoms with Crippen molar-refractivity contribution in [3.8, 4) is 0 Å². The minimum absolute atomic E-state index is 0.0347. The number of rotatable bonds is 9. The number of aromatic nitrogens is 1. The van der Waals surface area contributed by atoms with Gasteiger partial charge in [0, 0.05) is 33.8 Å². The molecule has 0 saturated carbocycles. The maximum atomic E-state index is 12.6. The highest BCUT2D eigenvalue weighted by Gasteiger charge is 2.19. The third kappa shape index (κ3) is 5.59. The molecule has 0 unspecified atom stereocenters. The molecule has 2 aromatic heterocycles. The van der Waals surface area contributed by atoms with Crippen LogP contribution in [0.3, 0.4) is 0 Å². The lowest BCUT2D eigenvalue weighted by Gasteiger charge is -2.11. The van der Waals surface area contributed by atoms with E-state index in [0.29, 0.717) is 27.4 Å². The van der Waals surface area contributed by atoms with Crippen molar-refractivity contribution in [2.24, 2.45) is 0 Å². The quantitative estimate of drug-likeness (QED) is 0.387. The number of nitrogens with zero attached hydrogens (tertiary/aromatic N) is 1. The van der Waals surface area contributed by atoms with Crippen molar-refractivity contribution in [3.63, 3.8) is 0 Å². The predicted octanol–water partition coefficient (Wildman–Crippen LogP) is 4.25. The average Bonchev–Trinajstić information content (AvgIpc) is 3.34. The molecule has 0 aliphatic rings. The number of hydrogen-bond donors (Lipinski definition) is 1. The number of hydrogen-bond acceptors (Lipinski definition) is 6. The predicted molar refractivity (Wildman–Crippen MR) is 122 cm³/mol. The van der Waals surface area contributed by atoms with Gasteiger partial charge in [-0.15, -0.1) is 11.3 Å². The van der Waals surface area contributed by atoms with Crippen molar-refractivity contribution in [1.29, 1.82) is 0 Å². The highest BCUT2D eigenvalue weighted by molar-refractivity contribution is 7.14. The normalized spacial score (nSPS) is 10.6. The molecule has 0 atom stereocenters. The van der Waals surface area contributed by atoms with Gasteiger partial charge in [-0.2, -0.15) is 0 Å². The van der Waals surface area contributed by atoms with E-state index < -0.39 is 12.6 Å². The number of carbonyl (C=O) groups is 4. The number of thiophene rings is 1. The molecule has 0 spiro atoms. The summed E-state index contributed by atoms with van der Waals surface area (Å²) < 4.78 is 6.60. The third-order valence-corrected chi connectivity index (χ3v) is 5.96. The lowest BCUT2D eigenvalue weighted by molar-refractivity contribution is -0.142. The molecular weight excluding hydrogens is 428 g/mol. The Hall–Kier alpha value is -3.52. The molecule has 1 N–H and O–H groups in total. The van der Waals surface area contributed by atoms with Gasteiger partial charge in [0.25, 0.3) is 5.91 Å². The summed E-state index contributed by atoms with van der Waals surface area (Å²) in [5.41, 5.74) is 4.82. The molecule has 0 aliphatic heterocycles. The molecule has 166 valence electrons.